The second-order valence-corrected chi connectivity index (χ2v) is 6.66. The largest absolute Gasteiger partial charge is 0.485 e. The maximum atomic E-state index is 11.9. The van der Waals surface area contributed by atoms with Gasteiger partial charge in [-0.1, -0.05) is 60.7 Å². The summed E-state index contributed by atoms with van der Waals surface area (Å²) >= 11 is 0. The predicted molar refractivity (Wildman–Crippen MR) is 113 cm³/mol. The molecule has 2 aromatic carbocycles. The van der Waals surface area contributed by atoms with Gasteiger partial charge in [-0.05, 0) is 11.1 Å². The summed E-state index contributed by atoms with van der Waals surface area (Å²) in [5.41, 5.74) is 1.92. The fourth-order valence-corrected chi connectivity index (χ4v) is 2.97. The average molecular weight is 413 g/mol. The Balaban J connectivity index is 1.64. The van der Waals surface area contributed by atoms with Crippen LogP contribution in [-0.4, -0.2) is 19.7 Å². The van der Waals surface area contributed by atoms with E-state index in [0.717, 1.165) is 11.1 Å². The molecule has 2 aromatic heterocycles. The number of hydrogen-bond acceptors (Lipinski definition) is 6. The van der Waals surface area contributed by atoms with E-state index in [1.807, 2.05) is 66.7 Å². The highest BCUT2D eigenvalue weighted by molar-refractivity contribution is 5.55. The van der Waals surface area contributed by atoms with Crippen molar-refractivity contribution < 1.29 is 9.47 Å². The summed E-state index contributed by atoms with van der Waals surface area (Å²) in [4.78, 5) is 16.3. The number of rotatable bonds is 8. The zero-order valence-electron chi connectivity index (χ0n) is 16.6. The minimum Gasteiger partial charge on any atom is -0.485 e. The summed E-state index contributed by atoms with van der Waals surface area (Å²) in [5, 5.41) is 15.4. The number of pyridine rings is 1. The molecule has 8 nitrogen and oxygen atoms in total. The van der Waals surface area contributed by atoms with E-state index in [-0.39, 0.29) is 12.4 Å². The monoisotopic (exact) mass is 413 g/mol. The van der Waals surface area contributed by atoms with Crippen molar-refractivity contribution >= 4 is 0 Å². The Morgan fingerprint density at radius 1 is 0.935 bits per heavy atom. The molecule has 0 fully saturated rings. The van der Waals surface area contributed by atoms with Crippen molar-refractivity contribution in [3.8, 4) is 29.1 Å². The highest BCUT2D eigenvalue weighted by atomic mass is 16.5. The topological polar surface area (TPSA) is 106 Å². The van der Waals surface area contributed by atoms with Gasteiger partial charge in [0.1, 0.15) is 25.5 Å². The third-order valence-corrected chi connectivity index (χ3v) is 4.52. The van der Waals surface area contributed by atoms with Gasteiger partial charge in [-0.25, -0.2) is 14.9 Å². The van der Waals surface area contributed by atoms with Crippen molar-refractivity contribution in [1.29, 1.82) is 5.26 Å². The summed E-state index contributed by atoms with van der Waals surface area (Å²) in [6.07, 6.45) is 1.54. The van der Waals surface area contributed by atoms with Gasteiger partial charge in [0.15, 0.2) is 17.3 Å². The zero-order valence-corrected chi connectivity index (χ0v) is 16.6. The smallest absolute Gasteiger partial charge is 0.344 e. The Hall–Kier alpha value is -4.38. The number of aromatic amines is 1. The number of H-pyrrole nitrogens is 1. The van der Waals surface area contributed by atoms with E-state index in [4.69, 9.17) is 14.7 Å². The van der Waals surface area contributed by atoms with Gasteiger partial charge in [0.2, 0.25) is 0 Å². The van der Waals surface area contributed by atoms with Gasteiger partial charge in [0, 0.05) is 6.07 Å². The van der Waals surface area contributed by atoms with Gasteiger partial charge in [-0.15, -0.1) is 0 Å². The van der Waals surface area contributed by atoms with Crippen molar-refractivity contribution in [3.05, 3.63) is 94.5 Å². The summed E-state index contributed by atoms with van der Waals surface area (Å²) in [6.45, 7) is 0.543. The molecule has 0 amide bonds. The quantitative estimate of drug-likeness (QED) is 0.475. The fourth-order valence-electron chi connectivity index (χ4n) is 2.97. The van der Waals surface area contributed by atoms with Gasteiger partial charge in [-0.2, -0.15) is 10.4 Å². The van der Waals surface area contributed by atoms with Crippen LogP contribution in [0.25, 0.3) is 11.5 Å². The molecular formula is C23H19N5O3. The molecule has 8 heteroatoms. The van der Waals surface area contributed by atoms with Crippen LogP contribution in [0, 0.1) is 11.3 Å². The molecule has 2 heterocycles. The highest BCUT2D eigenvalue weighted by Crippen LogP contribution is 2.31. The number of nitrogens with zero attached hydrogens (tertiary/aromatic N) is 4. The first-order valence-electron chi connectivity index (χ1n) is 9.60. The number of ether oxygens (including phenoxy) is 2. The van der Waals surface area contributed by atoms with Gasteiger partial charge in [0.05, 0.1) is 12.3 Å². The van der Waals surface area contributed by atoms with Crippen molar-refractivity contribution in [2.24, 2.45) is 0 Å². The second-order valence-electron chi connectivity index (χ2n) is 6.66. The molecule has 154 valence electrons. The molecule has 0 aliphatic heterocycles. The molecule has 0 spiro atoms. The Morgan fingerprint density at radius 2 is 1.55 bits per heavy atom. The summed E-state index contributed by atoms with van der Waals surface area (Å²) in [7, 11) is 0. The molecule has 0 radical (unpaired) electrons. The Kier molecular flexibility index (Phi) is 6.05. The number of hydrogen-bond donors (Lipinski definition) is 1. The fraction of sp³-hybridized carbons (Fsp3) is 0.130. The summed E-state index contributed by atoms with van der Waals surface area (Å²) in [6, 6.07) is 23.1. The molecule has 0 aliphatic rings. The van der Waals surface area contributed by atoms with Crippen LogP contribution in [0.4, 0.5) is 0 Å². The Bertz CT molecular complexity index is 1240. The van der Waals surface area contributed by atoms with Crippen LogP contribution in [0.2, 0.25) is 0 Å². The van der Waals surface area contributed by atoms with Crippen molar-refractivity contribution in [1.82, 2.24) is 19.7 Å². The third-order valence-electron chi connectivity index (χ3n) is 4.52. The van der Waals surface area contributed by atoms with E-state index in [1.54, 1.807) is 6.07 Å². The summed E-state index contributed by atoms with van der Waals surface area (Å²) in [5.74, 6) is 1.18. The van der Waals surface area contributed by atoms with Crippen LogP contribution in [0.15, 0.2) is 77.7 Å². The van der Waals surface area contributed by atoms with E-state index >= 15 is 0 Å². The minimum atomic E-state index is -0.477. The third kappa shape index (κ3) is 4.79. The van der Waals surface area contributed by atoms with Crippen molar-refractivity contribution in [2.45, 2.75) is 19.8 Å². The van der Waals surface area contributed by atoms with Crippen molar-refractivity contribution in [2.75, 3.05) is 0 Å². The zero-order chi connectivity index (χ0) is 21.5. The van der Waals surface area contributed by atoms with Gasteiger partial charge in [-0.3, -0.25) is 4.57 Å². The van der Waals surface area contributed by atoms with Crippen LogP contribution < -0.4 is 15.2 Å². The molecule has 1 N–H and O–H groups in total. The van der Waals surface area contributed by atoms with Crippen molar-refractivity contribution in [3.63, 3.8) is 0 Å². The molecule has 0 aliphatic carbocycles. The van der Waals surface area contributed by atoms with E-state index in [1.165, 1.54) is 10.8 Å². The maximum Gasteiger partial charge on any atom is 0.344 e. The van der Waals surface area contributed by atoms with Crippen LogP contribution in [0.5, 0.6) is 11.5 Å². The van der Waals surface area contributed by atoms with E-state index in [2.05, 4.69) is 15.2 Å². The molecule has 31 heavy (non-hydrogen) atoms. The van der Waals surface area contributed by atoms with Crippen LogP contribution >= 0.6 is 0 Å². The maximum absolute atomic E-state index is 11.9. The van der Waals surface area contributed by atoms with Gasteiger partial charge < -0.3 is 9.47 Å². The highest BCUT2D eigenvalue weighted by Gasteiger charge is 2.16. The molecule has 0 saturated heterocycles. The Labute approximate surface area is 178 Å². The van der Waals surface area contributed by atoms with E-state index in [9.17, 15) is 4.79 Å². The molecule has 4 rings (SSSR count). The van der Waals surface area contributed by atoms with Gasteiger partial charge in [0.25, 0.3) is 0 Å². The predicted octanol–water partition coefficient (Wildman–Crippen LogP) is 3.31. The lowest BCUT2D eigenvalue weighted by atomic mass is 10.2. The molecule has 0 unspecified atom stereocenters. The molecule has 0 saturated carbocycles. The first-order valence-corrected chi connectivity index (χ1v) is 9.60. The molecule has 0 bridgehead atoms. The number of nitrogens with one attached hydrogen (secondary N) is 1. The van der Waals surface area contributed by atoms with Gasteiger partial charge >= 0.3 is 5.69 Å². The first kappa shape index (κ1) is 19.9. The standard InChI is InChI=1S/C23H19N5O3/c24-11-12-28-22(26-27-23(28)29)19-13-20(30-15-17-7-3-1-4-8-17)21(14-25-19)31-16-18-9-5-2-6-10-18/h1-10,13-14H,12,15-16H2,(H,27,29). The second kappa shape index (κ2) is 9.41. The SMILES string of the molecule is N#CCn1c(-c2cc(OCc3ccccc3)c(OCc3ccccc3)cn2)n[nH]c1=O. The van der Waals surface area contributed by atoms with E-state index < -0.39 is 5.69 Å². The number of benzene rings is 2. The normalized spacial score (nSPS) is 10.4. The lowest BCUT2D eigenvalue weighted by Gasteiger charge is -2.14. The summed E-state index contributed by atoms with van der Waals surface area (Å²) < 4.78 is 13.2. The Morgan fingerprint density at radius 3 is 2.16 bits per heavy atom. The molecular weight excluding hydrogens is 394 g/mol. The van der Waals surface area contributed by atoms with Crippen LogP contribution in [-0.2, 0) is 19.8 Å². The number of aromatic nitrogens is 4. The lowest BCUT2D eigenvalue weighted by Crippen LogP contribution is -2.17. The average Bonchev–Trinajstić information content (AvgIpc) is 3.18. The minimum absolute atomic E-state index is 0.140. The lowest BCUT2D eigenvalue weighted by molar-refractivity contribution is 0.255. The molecule has 4 aromatic rings. The first-order chi connectivity index (χ1) is 15.2. The van der Waals surface area contributed by atoms with E-state index in [0.29, 0.717) is 30.4 Å². The number of nitriles is 1. The van der Waals surface area contributed by atoms with Crippen LogP contribution in [0.3, 0.4) is 0 Å². The molecule has 0 atom stereocenters. The van der Waals surface area contributed by atoms with Crippen LogP contribution in [0.1, 0.15) is 11.1 Å².